The Morgan fingerprint density at radius 2 is 2.05 bits per heavy atom. The van der Waals surface area contributed by atoms with Gasteiger partial charge in [-0.25, -0.2) is 0 Å². The average molecular weight is 360 g/mol. The minimum atomic E-state index is 0.602. The first-order valence-corrected chi connectivity index (χ1v) is 8.71. The Morgan fingerprint density at radius 3 is 2.73 bits per heavy atom. The zero-order valence-corrected chi connectivity index (χ0v) is 14.5. The van der Waals surface area contributed by atoms with Crippen molar-refractivity contribution in [3.8, 4) is 5.75 Å². The lowest BCUT2D eigenvalue weighted by molar-refractivity contribution is 0.302. The summed E-state index contributed by atoms with van der Waals surface area (Å²) in [6.07, 6.45) is 2.52. The summed E-state index contributed by atoms with van der Waals surface area (Å²) in [5.41, 5.74) is 3.80. The van der Waals surface area contributed by atoms with Crippen LogP contribution < -0.4 is 10.1 Å². The molecule has 22 heavy (non-hydrogen) atoms. The second-order valence-corrected chi connectivity index (χ2v) is 6.82. The first-order chi connectivity index (χ1) is 10.7. The number of benzene rings is 2. The maximum Gasteiger partial charge on any atom is 0.136 e. The zero-order valence-electron chi connectivity index (χ0n) is 12.9. The van der Waals surface area contributed by atoms with E-state index >= 15 is 0 Å². The highest BCUT2D eigenvalue weighted by atomic mass is 79.9. The summed E-state index contributed by atoms with van der Waals surface area (Å²) in [6.45, 7) is 4.96. The van der Waals surface area contributed by atoms with Crippen LogP contribution in [-0.2, 0) is 6.61 Å². The maximum atomic E-state index is 6.03. The molecular weight excluding hydrogens is 338 g/mol. The zero-order chi connectivity index (χ0) is 15.4. The Morgan fingerprint density at radius 1 is 1.23 bits per heavy atom. The molecule has 0 amide bonds. The molecule has 1 aliphatic heterocycles. The van der Waals surface area contributed by atoms with Crippen LogP contribution in [-0.4, -0.2) is 13.1 Å². The fourth-order valence-electron chi connectivity index (χ4n) is 3.04. The first kappa shape index (κ1) is 15.6. The first-order valence-electron chi connectivity index (χ1n) is 7.91. The van der Waals surface area contributed by atoms with E-state index in [1.54, 1.807) is 0 Å². The molecule has 3 heteroatoms. The van der Waals surface area contributed by atoms with Gasteiger partial charge < -0.3 is 10.1 Å². The molecule has 1 unspecified atom stereocenters. The number of rotatable bonds is 4. The van der Waals surface area contributed by atoms with Crippen LogP contribution in [0.3, 0.4) is 0 Å². The van der Waals surface area contributed by atoms with Crippen molar-refractivity contribution in [1.82, 2.24) is 5.32 Å². The molecule has 116 valence electrons. The topological polar surface area (TPSA) is 21.3 Å². The minimum Gasteiger partial charge on any atom is -0.487 e. The Labute approximate surface area is 141 Å². The van der Waals surface area contributed by atoms with Crippen LogP contribution in [0.15, 0.2) is 46.9 Å². The van der Waals surface area contributed by atoms with Gasteiger partial charge in [-0.05, 0) is 70.9 Å². The third-order valence-corrected chi connectivity index (χ3v) is 4.83. The molecule has 1 N–H and O–H groups in total. The van der Waals surface area contributed by atoms with Crippen molar-refractivity contribution < 1.29 is 4.74 Å². The lowest BCUT2D eigenvalue weighted by Gasteiger charge is -2.24. The van der Waals surface area contributed by atoms with E-state index in [9.17, 15) is 0 Å². The van der Waals surface area contributed by atoms with E-state index < -0.39 is 0 Å². The van der Waals surface area contributed by atoms with Gasteiger partial charge in [0, 0.05) is 6.54 Å². The van der Waals surface area contributed by atoms with E-state index in [2.05, 4.69) is 52.4 Å². The number of aryl methyl sites for hydroxylation is 1. The van der Waals surface area contributed by atoms with Crippen LogP contribution in [0.4, 0.5) is 0 Å². The van der Waals surface area contributed by atoms with Crippen LogP contribution in [0.25, 0.3) is 0 Å². The smallest absolute Gasteiger partial charge is 0.136 e. The van der Waals surface area contributed by atoms with Crippen LogP contribution in [0.5, 0.6) is 5.75 Å². The standard InChI is InChI=1S/C19H22BrNO/c1-14-10-17(16-8-5-9-21-12-16)11-18(20)19(14)22-13-15-6-3-2-4-7-15/h2-4,6-7,10-11,16,21H,5,8-9,12-13H2,1H3. The number of hydrogen-bond acceptors (Lipinski definition) is 2. The van der Waals surface area contributed by atoms with Gasteiger partial charge in [0.1, 0.15) is 12.4 Å². The molecule has 2 aromatic rings. The average Bonchev–Trinajstić information content (AvgIpc) is 2.56. The van der Waals surface area contributed by atoms with Crippen LogP contribution in [0.2, 0.25) is 0 Å². The molecule has 0 bridgehead atoms. The van der Waals surface area contributed by atoms with Gasteiger partial charge in [-0.15, -0.1) is 0 Å². The molecule has 1 atom stereocenters. The van der Waals surface area contributed by atoms with Crippen molar-refractivity contribution in [2.75, 3.05) is 13.1 Å². The number of nitrogens with one attached hydrogen (secondary N) is 1. The number of halogens is 1. The fourth-order valence-corrected chi connectivity index (χ4v) is 3.73. The highest BCUT2D eigenvalue weighted by molar-refractivity contribution is 9.10. The Hall–Kier alpha value is -1.32. The summed E-state index contributed by atoms with van der Waals surface area (Å²) in [5, 5.41) is 3.49. The molecule has 1 fully saturated rings. The van der Waals surface area contributed by atoms with Gasteiger partial charge in [0.15, 0.2) is 0 Å². The number of piperidine rings is 1. The normalized spacial score (nSPS) is 18.2. The van der Waals surface area contributed by atoms with Gasteiger partial charge in [-0.2, -0.15) is 0 Å². The van der Waals surface area contributed by atoms with Gasteiger partial charge >= 0.3 is 0 Å². The second kappa shape index (κ2) is 7.30. The molecular formula is C19H22BrNO. The number of ether oxygens (including phenoxy) is 1. The van der Waals surface area contributed by atoms with E-state index in [1.165, 1.54) is 29.5 Å². The molecule has 0 aromatic heterocycles. The summed E-state index contributed by atoms with van der Waals surface area (Å²) in [7, 11) is 0. The third-order valence-electron chi connectivity index (χ3n) is 4.25. The number of hydrogen-bond donors (Lipinski definition) is 1. The molecule has 0 radical (unpaired) electrons. The highest BCUT2D eigenvalue weighted by Gasteiger charge is 2.17. The quantitative estimate of drug-likeness (QED) is 0.845. The molecule has 3 rings (SSSR count). The largest absolute Gasteiger partial charge is 0.487 e. The van der Waals surface area contributed by atoms with Crippen molar-refractivity contribution in [1.29, 1.82) is 0 Å². The molecule has 2 nitrogen and oxygen atoms in total. The maximum absolute atomic E-state index is 6.03. The van der Waals surface area contributed by atoms with E-state index in [4.69, 9.17) is 4.74 Å². The van der Waals surface area contributed by atoms with Crippen molar-refractivity contribution in [2.24, 2.45) is 0 Å². The van der Waals surface area contributed by atoms with Gasteiger partial charge in [0.25, 0.3) is 0 Å². The highest BCUT2D eigenvalue weighted by Crippen LogP contribution is 2.35. The van der Waals surface area contributed by atoms with Crippen molar-refractivity contribution in [3.05, 3.63) is 63.6 Å². The lowest BCUT2D eigenvalue weighted by Crippen LogP contribution is -2.28. The summed E-state index contributed by atoms with van der Waals surface area (Å²) in [5.74, 6) is 1.57. The lowest BCUT2D eigenvalue weighted by atomic mass is 9.90. The molecule has 1 heterocycles. The molecule has 2 aromatic carbocycles. The van der Waals surface area contributed by atoms with E-state index in [0.717, 1.165) is 23.3 Å². The van der Waals surface area contributed by atoms with E-state index in [0.29, 0.717) is 12.5 Å². The summed E-state index contributed by atoms with van der Waals surface area (Å²) in [4.78, 5) is 0. The van der Waals surface area contributed by atoms with Crippen LogP contribution in [0, 0.1) is 6.92 Å². The van der Waals surface area contributed by atoms with Crippen molar-refractivity contribution >= 4 is 15.9 Å². The predicted octanol–water partition coefficient (Wildman–Crippen LogP) is 4.80. The summed E-state index contributed by atoms with van der Waals surface area (Å²) in [6, 6.07) is 14.8. The Balaban J connectivity index is 1.74. The van der Waals surface area contributed by atoms with Crippen LogP contribution in [0.1, 0.15) is 35.4 Å². The Kier molecular flexibility index (Phi) is 5.16. The van der Waals surface area contributed by atoms with Crippen LogP contribution >= 0.6 is 15.9 Å². The molecule has 1 saturated heterocycles. The van der Waals surface area contributed by atoms with Gasteiger partial charge in [0.2, 0.25) is 0 Å². The van der Waals surface area contributed by atoms with Crippen molar-refractivity contribution in [2.45, 2.75) is 32.3 Å². The monoisotopic (exact) mass is 359 g/mol. The molecule has 0 aliphatic carbocycles. The second-order valence-electron chi connectivity index (χ2n) is 5.97. The SMILES string of the molecule is Cc1cc(C2CCCNC2)cc(Br)c1OCc1ccccc1. The molecule has 0 spiro atoms. The van der Waals surface area contributed by atoms with Gasteiger partial charge in [-0.1, -0.05) is 36.4 Å². The minimum absolute atomic E-state index is 0.602. The summed E-state index contributed by atoms with van der Waals surface area (Å²) < 4.78 is 7.09. The van der Waals surface area contributed by atoms with Gasteiger partial charge in [-0.3, -0.25) is 0 Å². The van der Waals surface area contributed by atoms with Crippen molar-refractivity contribution in [3.63, 3.8) is 0 Å². The third kappa shape index (κ3) is 3.71. The molecule has 0 saturated carbocycles. The summed E-state index contributed by atoms with van der Waals surface area (Å²) >= 11 is 3.69. The molecule has 1 aliphatic rings. The van der Waals surface area contributed by atoms with E-state index in [-0.39, 0.29) is 0 Å². The van der Waals surface area contributed by atoms with Gasteiger partial charge in [0.05, 0.1) is 4.47 Å². The Bertz CT molecular complexity index is 598. The van der Waals surface area contributed by atoms with E-state index in [1.807, 2.05) is 18.2 Å². The predicted molar refractivity (Wildman–Crippen MR) is 94.5 cm³/mol. The fraction of sp³-hybridized carbons (Fsp3) is 0.368.